The summed E-state index contributed by atoms with van der Waals surface area (Å²) >= 11 is 1.61. The molecule has 0 aliphatic rings. The Labute approximate surface area is 198 Å². The van der Waals surface area contributed by atoms with Gasteiger partial charge in [0.1, 0.15) is 5.60 Å². The van der Waals surface area contributed by atoms with Crippen LogP contribution in [0.4, 0.5) is 4.79 Å². The van der Waals surface area contributed by atoms with Gasteiger partial charge < -0.3 is 15.0 Å². The van der Waals surface area contributed by atoms with Gasteiger partial charge in [0, 0.05) is 24.2 Å². The van der Waals surface area contributed by atoms with Gasteiger partial charge in [-0.25, -0.2) is 9.78 Å². The maximum Gasteiger partial charge on any atom is 0.407 e. The van der Waals surface area contributed by atoms with Gasteiger partial charge in [0.05, 0.1) is 0 Å². The van der Waals surface area contributed by atoms with Crippen LogP contribution >= 0.6 is 11.8 Å². The van der Waals surface area contributed by atoms with Gasteiger partial charge in [0.25, 0.3) is 0 Å². The molecule has 0 aliphatic carbocycles. The molecule has 2 aromatic rings. The molecule has 1 heterocycles. The molecule has 0 aliphatic heterocycles. The molecule has 5 nitrogen and oxygen atoms in total. The number of unbranched alkanes of at least 4 members (excludes halogenated alkanes) is 5. The number of imidazole rings is 1. The standard InChI is InChI=1S/C26H41N3O2S/c1-5-6-7-8-9-10-11-21-12-14-22(15-13-21)16-17-23(20-32-24-27-18-19-28-24)29-25(30)31-26(2,3)4/h12-15,18-19,23H,5-11,16-17,20H2,1-4H3,(H,27,28)(H,29,30). The van der Waals surface area contributed by atoms with Crippen molar-refractivity contribution in [1.82, 2.24) is 15.3 Å². The number of aromatic amines is 1. The van der Waals surface area contributed by atoms with Crippen LogP contribution < -0.4 is 5.32 Å². The first-order valence-electron chi connectivity index (χ1n) is 12.0. The molecule has 1 unspecified atom stereocenters. The summed E-state index contributed by atoms with van der Waals surface area (Å²) in [6.07, 6.45) is 14.1. The van der Waals surface area contributed by atoms with Gasteiger partial charge >= 0.3 is 6.09 Å². The van der Waals surface area contributed by atoms with Crippen LogP contribution in [0, 0.1) is 0 Å². The number of carbonyl (C=O) groups is 1. The predicted octanol–water partition coefficient (Wildman–Crippen LogP) is 6.93. The minimum absolute atomic E-state index is 0.00254. The van der Waals surface area contributed by atoms with Crippen molar-refractivity contribution < 1.29 is 9.53 Å². The third-order valence-corrected chi connectivity index (χ3v) is 6.30. The number of nitrogens with one attached hydrogen (secondary N) is 2. The maximum atomic E-state index is 12.3. The summed E-state index contributed by atoms with van der Waals surface area (Å²) < 4.78 is 5.46. The molecule has 1 amide bonds. The van der Waals surface area contributed by atoms with Crippen molar-refractivity contribution in [3.8, 4) is 0 Å². The van der Waals surface area contributed by atoms with E-state index in [1.54, 1.807) is 18.0 Å². The quantitative estimate of drug-likeness (QED) is 0.237. The van der Waals surface area contributed by atoms with E-state index in [1.165, 1.54) is 49.7 Å². The molecule has 178 valence electrons. The van der Waals surface area contributed by atoms with E-state index in [-0.39, 0.29) is 12.1 Å². The zero-order valence-electron chi connectivity index (χ0n) is 20.3. The summed E-state index contributed by atoms with van der Waals surface area (Å²) in [5, 5.41) is 3.90. The predicted molar refractivity (Wildman–Crippen MR) is 134 cm³/mol. The van der Waals surface area contributed by atoms with Crippen molar-refractivity contribution in [2.45, 2.75) is 102 Å². The molecule has 0 fully saturated rings. The van der Waals surface area contributed by atoms with Crippen LogP contribution in [-0.2, 0) is 17.6 Å². The van der Waals surface area contributed by atoms with Crippen molar-refractivity contribution >= 4 is 17.9 Å². The number of hydrogen-bond acceptors (Lipinski definition) is 4. The van der Waals surface area contributed by atoms with E-state index in [9.17, 15) is 4.79 Å². The second kappa shape index (κ2) is 14.2. The van der Waals surface area contributed by atoms with Gasteiger partial charge in [-0.05, 0) is 57.6 Å². The maximum absolute atomic E-state index is 12.3. The number of ether oxygens (including phenoxy) is 1. The lowest BCUT2D eigenvalue weighted by Gasteiger charge is -2.23. The molecule has 0 spiro atoms. The SMILES string of the molecule is CCCCCCCCc1ccc(CCC(CSc2ncc[nH]2)NC(=O)OC(C)(C)C)cc1. The lowest BCUT2D eigenvalue weighted by molar-refractivity contribution is 0.0507. The lowest BCUT2D eigenvalue weighted by atomic mass is 10.0. The summed E-state index contributed by atoms with van der Waals surface area (Å²) in [5.74, 6) is 0.739. The summed E-state index contributed by atoms with van der Waals surface area (Å²) in [4.78, 5) is 19.7. The fourth-order valence-electron chi connectivity index (χ4n) is 3.50. The Bertz CT molecular complexity index is 754. The number of nitrogens with zero attached hydrogens (tertiary/aromatic N) is 1. The fourth-order valence-corrected chi connectivity index (χ4v) is 4.40. The van der Waals surface area contributed by atoms with Gasteiger partial charge in [0.15, 0.2) is 5.16 Å². The molecular formula is C26H41N3O2S. The number of alkyl carbamates (subject to hydrolysis) is 1. The largest absolute Gasteiger partial charge is 0.444 e. The van der Waals surface area contributed by atoms with Gasteiger partial charge in [-0.3, -0.25) is 0 Å². The van der Waals surface area contributed by atoms with E-state index in [0.717, 1.165) is 30.2 Å². The van der Waals surface area contributed by atoms with Crippen molar-refractivity contribution in [2.75, 3.05) is 5.75 Å². The van der Waals surface area contributed by atoms with Crippen LogP contribution in [0.2, 0.25) is 0 Å². The van der Waals surface area contributed by atoms with Gasteiger partial charge in [-0.1, -0.05) is 75.1 Å². The van der Waals surface area contributed by atoms with E-state index >= 15 is 0 Å². The molecule has 0 saturated heterocycles. The van der Waals surface area contributed by atoms with Gasteiger partial charge in [-0.2, -0.15) is 0 Å². The topological polar surface area (TPSA) is 67.0 Å². The summed E-state index contributed by atoms with van der Waals surface area (Å²) in [6.45, 7) is 7.90. The minimum Gasteiger partial charge on any atom is -0.444 e. The number of hydrogen-bond donors (Lipinski definition) is 2. The molecule has 1 aromatic carbocycles. The number of thioether (sulfide) groups is 1. The Morgan fingerprint density at radius 1 is 1.06 bits per heavy atom. The van der Waals surface area contributed by atoms with Crippen molar-refractivity contribution in [2.24, 2.45) is 0 Å². The average Bonchev–Trinajstić information content (AvgIpc) is 3.26. The number of carbonyl (C=O) groups excluding carboxylic acids is 1. The minimum atomic E-state index is -0.505. The molecule has 1 atom stereocenters. The number of rotatable bonds is 14. The first-order valence-corrected chi connectivity index (χ1v) is 13.0. The first-order chi connectivity index (χ1) is 15.4. The molecule has 2 rings (SSSR count). The van der Waals surface area contributed by atoms with E-state index in [1.807, 2.05) is 27.0 Å². The van der Waals surface area contributed by atoms with E-state index in [2.05, 4.69) is 46.5 Å². The van der Waals surface area contributed by atoms with Gasteiger partial charge in [-0.15, -0.1) is 0 Å². The second-order valence-corrected chi connectivity index (χ2v) is 10.4. The van der Waals surface area contributed by atoms with Crippen LogP contribution in [0.1, 0.15) is 83.8 Å². The first kappa shape index (κ1) is 26.3. The highest BCUT2D eigenvalue weighted by molar-refractivity contribution is 7.99. The van der Waals surface area contributed by atoms with E-state index in [0.29, 0.717) is 0 Å². The molecule has 0 bridgehead atoms. The zero-order chi connectivity index (χ0) is 23.2. The van der Waals surface area contributed by atoms with Crippen molar-refractivity contribution in [3.63, 3.8) is 0 Å². The fraction of sp³-hybridized carbons (Fsp3) is 0.615. The van der Waals surface area contributed by atoms with Crippen LogP contribution in [0.3, 0.4) is 0 Å². The summed E-state index contributed by atoms with van der Waals surface area (Å²) in [5.41, 5.74) is 2.21. The summed E-state index contributed by atoms with van der Waals surface area (Å²) in [7, 11) is 0. The molecule has 6 heteroatoms. The van der Waals surface area contributed by atoms with E-state index in [4.69, 9.17) is 4.74 Å². The van der Waals surface area contributed by atoms with Crippen LogP contribution in [-0.4, -0.2) is 33.5 Å². The smallest absolute Gasteiger partial charge is 0.407 e. The molecule has 0 radical (unpaired) electrons. The van der Waals surface area contributed by atoms with Crippen molar-refractivity contribution in [1.29, 1.82) is 0 Å². The number of aryl methyl sites for hydroxylation is 2. The number of amides is 1. The van der Waals surface area contributed by atoms with E-state index < -0.39 is 5.60 Å². The Kier molecular flexibility index (Phi) is 11.7. The highest BCUT2D eigenvalue weighted by Gasteiger charge is 2.20. The third-order valence-electron chi connectivity index (χ3n) is 5.24. The molecule has 32 heavy (non-hydrogen) atoms. The Morgan fingerprint density at radius 3 is 2.34 bits per heavy atom. The highest BCUT2D eigenvalue weighted by Crippen LogP contribution is 2.18. The van der Waals surface area contributed by atoms with Gasteiger partial charge in [0.2, 0.25) is 0 Å². The monoisotopic (exact) mass is 459 g/mol. The lowest BCUT2D eigenvalue weighted by Crippen LogP contribution is -2.40. The van der Waals surface area contributed by atoms with Crippen LogP contribution in [0.15, 0.2) is 41.8 Å². The number of benzene rings is 1. The molecule has 1 aromatic heterocycles. The highest BCUT2D eigenvalue weighted by atomic mass is 32.2. The Balaban J connectivity index is 1.81. The molecule has 0 saturated carbocycles. The van der Waals surface area contributed by atoms with Crippen LogP contribution in [0.25, 0.3) is 0 Å². The normalized spacial score (nSPS) is 12.5. The molecular weight excluding hydrogens is 418 g/mol. The zero-order valence-corrected chi connectivity index (χ0v) is 21.1. The Hall–Kier alpha value is -1.95. The summed E-state index contributed by atoms with van der Waals surface area (Å²) in [6, 6.07) is 8.99. The molecule has 2 N–H and O–H groups in total. The number of H-pyrrole nitrogens is 1. The Morgan fingerprint density at radius 2 is 1.72 bits per heavy atom. The second-order valence-electron chi connectivity index (χ2n) is 9.42. The van der Waals surface area contributed by atoms with Crippen LogP contribution in [0.5, 0.6) is 0 Å². The number of aromatic nitrogens is 2. The van der Waals surface area contributed by atoms with Crippen molar-refractivity contribution in [3.05, 3.63) is 47.8 Å². The average molecular weight is 460 g/mol. The third kappa shape index (κ3) is 11.6.